The van der Waals surface area contributed by atoms with Gasteiger partial charge in [0.2, 0.25) is 0 Å². The zero-order valence-corrected chi connectivity index (χ0v) is 12.3. The third-order valence-electron chi connectivity index (χ3n) is 3.43. The van der Waals surface area contributed by atoms with Gasteiger partial charge in [0, 0.05) is 6.04 Å². The lowest BCUT2D eigenvalue weighted by Gasteiger charge is -2.19. The number of nitrogens with zero attached hydrogens (tertiary/aromatic N) is 1. The molecule has 0 aliphatic rings. The van der Waals surface area contributed by atoms with Crippen LogP contribution in [0.4, 0.5) is 0 Å². The molecule has 1 aromatic rings. The van der Waals surface area contributed by atoms with E-state index in [0.717, 1.165) is 31.2 Å². The first-order valence-corrected chi connectivity index (χ1v) is 7.16. The van der Waals surface area contributed by atoms with Gasteiger partial charge in [-0.2, -0.15) is 0 Å². The summed E-state index contributed by atoms with van der Waals surface area (Å²) in [6, 6.07) is 4.61. The van der Waals surface area contributed by atoms with E-state index in [1.54, 1.807) is 0 Å². The maximum atomic E-state index is 5.54. The van der Waals surface area contributed by atoms with Crippen LogP contribution >= 0.6 is 0 Å². The van der Waals surface area contributed by atoms with Crippen molar-refractivity contribution in [3.63, 3.8) is 0 Å². The number of hydrogen-bond donors (Lipinski definition) is 1. The lowest BCUT2D eigenvalue weighted by Crippen LogP contribution is -2.28. The highest BCUT2D eigenvalue weighted by Crippen LogP contribution is 2.07. The number of hydrogen-bond acceptors (Lipinski definition) is 3. The lowest BCUT2D eigenvalue weighted by molar-refractivity contribution is 0.289. The number of nitrogens with one attached hydrogen (secondary N) is 1. The Labute approximate surface area is 112 Å². The second-order valence-electron chi connectivity index (χ2n) is 4.96. The minimum atomic E-state index is 0.547. The van der Waals surface area contributed by atoms with Crippen molar-refractivity contribution in [2.24, 2.45) is 0 Å². The Bertz CT molecular complexity index is 318. The molecule has 0 saturated carbocycles. The Morgan fingerprint density at radius 2 is 2.00 bits per heavy atom. The molecule has 104 valence electrons. The molecule has 18 heavy (non-hydrogen) atoms. The van der Waals surface area contributed by atoms with Crippen LogP contribution in [0.5, 0.6) is 0 Å². The summed E-state index contributed by atoms with van der Waals surface area (Å²) in [5, 5.41) is 3.51. The summed E-state index contributed by atoms with van der Waals surface area (Å²) in [6.07, 6.45) is 2.48. The molecule has 1 heterocycles. The van der Waals surface area contributed by atoms with Crippen molar-refractivity contribution in [3.8, 4) is 0 Å². The van der Waals surface area contributed by atoms with Gasteiger partial charge in [-0.1, -0.05) is 13.8 Å². The first kappa shape index (κ1) is 15.3. The van der Waals surface area contributed by atoms with E-state index < -0.39 is 0 Å². The van der Waals surface area contributed by atoms with Crippen molar-refractivity contribution in [2.75, 3.05) is 19.6 Å². The molecule has 1 rings (SSSR count). The first-order valence-electron chi connectivity index (χ1n) is 7.16. The van der Waals surface area contributed by atoms with E-state index in [2.05, 4.69) is 31.0 Å². The van der Waals surface area contributed by atoms with Crippen molar-refractivity contribution in [2.45, 2.75) is 53.1 Å². The summed E-state index contributed by atoms with van der Waals surface area (Å²) >= 11 is 0. The summed E-state index contributed by atoms with van der Waals surface area (Å²) in [5.41, 5.74) is 0. The summed E-state index contributed by atoms with van der Waals surface area (Å²) in [4.78, 5) is 2.47. The zero-order valence-electron chi connectivity index (χ0n) is 12.3. The Hall–Kier alpha value is -0.800. The normalized spacial score (nSPS) is 13.2. The van der Waals surface area contributed by atoms with Gasteiger partial charge in [-0.05, 0) is 58.5 Å². The van der Waals surface area contributed by atoms with Crippen LogP contribution in [0, 0.1) is 6.92 Å². The average molecular weight is 252 g/mol. The second-order valence-corrected chi connectivity index (χ2v) is 4.96. The summed E-state index contributed by atoms with van der Waals surface area (Å²) < 4.78 is 5.54. The SMILES string of the molecule is CCN(CC)CCCC(C)NCc1ccc(C)o1. The fourth-order valence-electron chi connectivity index (χ4n) is 2.12. The molecule has 1 aromatic heterocycles. The van der Waals surface area contributed by atoms with Crippen molar-refractivity contribution >= 4 is 0 Å². The third-order valence-corrected chi connectivity index (χ3v) is 3.43. The highest BCUT2D eigenvalue weighted by atomic mass is 16.3. The van der Waals surface area contributed by atoms with Crippen LogP contribution in [-0.2, 0) is 6.54 Å². The molecule has 0 aromatic carbocycles. The van der Waals surface area contributed by atoms with Crippen LogP contribution in [-0.4, -0.2) is 30.6 Å². The van der Waals surface area contributed by atoms with E-state index in [9.17, 15) is 0 Å². The Balaban J connectivity index is 2.12. The van der Waals surface area contributed by atoms with Gasteiger partial charge in [0.15, 0.2) is 0 Å². The van der Waals surface area contributed by atoms with Crippen molar-refractivity contribution in [1.29, 1.82) is 0 Å². The highest BCUT2D eigenvalue weighted by molar-refractivity contribution is 5.05. The first-order chi connectivity index (χ1) is 8.65. The number of furan rings is 1. The number of rotatable bonds is 9. The largest absolute Gasteiger partial charge is 0.465 e. The predicted octanol–water partition coefficient (Wildman–Crippen LogP) is 3.19. The van der Waals surface area contributed by atoms with E-state index in [4.69, 9.17) is 4.42 Å². The van der Waals surface area contributed by atoms with Gasteiger partial charge in [0.25, 0.3) is 0 Å². The van der Waals surface area contributed by atoms with Crippen LogP contribution in [0.3, 0.4) is 0 Å². The topological polar surface area (TPSA) is 28.4 Å². The minimum absolute atomic E-state index is 0.547. The molecular formula is C15H28N2O. The van der Waals surface area contributed by atoms with Crippen LogP contribution in [0.1, 0.15) is 45.1 Å². The van der Waals surface area contributed by atoms with Crippen molar-refractivity contribution in [1.82, 2.24) is 10.2 Å². The Kier molecular flexibility index (Phi) is 7.06. The zero-order chi connectivity index (χ0) is 13.4. The van der Waals surface area contributed by atoms with Gasteiger partial charge >= 0.3 is 0 Å². The predicted molar refractivity (Wildman–Crippen MR) is 76.8 cm³/mol. The molecule has 0 bridgehead atoms. The van der Waals surface area contributed by atoms with E-state index >= 15 is 0 Å². The molecule has 0 radical (unpaired) electrons. The molecule has 1 unspecified atom stereocenters. The van der Waals surface area contributed by atoms with Gasteiger partial charge in [0.1, 0.15) is 11.5 Å². The van der Waals surface area contributed by atoms with Crippen LogP contribution < -0.4 is 5.32 Å². The van der Waals surface area contributed by atoms with E-state index in [1.807, 2.05) is 19.1 Å². The van der Waals surface area contributed by atoms with Crippen LogP contribution in [0.2, 0.25) is 0 Å². The quantitative estimate of drug-likeness (QED) is 0.731. The third kappa shape index (κ3) is 5.69. The Morgan fingerprint density at radius 1 is 1.28 bits per heavy atom. The molecular weight excluding hydrogens is 224 g/mol. The standard InChI is InChI=1S/C15H28N2O/c1-5-17(6-2)11-7-8-13(3)16-12-15-10-9-14(4)18-15/h9-10,13,16H,5-8,11-12H2,1-4H3. The van der Waals surface area contributed by atoms with E-state index in [1.165, 1.54) is 19.4 Å². The smallest absolute Gasteiger partial charge is 0.117 e. The van der Waals surface area contributed by atoms with Gasteiger partial charge in [0.05, 0.1) is 6.54 Å². The maximum absolute atomic E-state index is 5.54. The average Bonchev–Trinajstić information content (AvgIpc) is 2.78. The molecule has 3 heteroatoms. The lowest BCUT2D eigenvalue weighted by atomic mass is 10.1. The minimum Gasteiger partial charge on any atom is -0.465 e. The van der Waals surface area contributed by atoms with Crippen LogP contribution in [0.15, 0.2) is 16.5 Å². The molecule has 0 spiro atoms. The molecule has 3 nitrogen and oxygen atoms in total. The molecule has 1 atom stereocenters. The van der Waals surface area contributed by atoms with E-state index in [-0.39, 0.29) is 0 Å². The van der Waals surface area contributed by atoms with Gasteiger partial charge < -0.3 is 14.6 Å². The maximum Gasteiger partial charge on any atom is 0.117 e. The second kappa shape index (κ2) is 8.33. The highest BCUT2D eigenvalue weighted by Gasteiger charge is 2.05. The fourth-order valence-corrected chi connectivity index (χ4v) is 2.12. The molecule has 0 aliphatic heterocycles. The monoisotopic (exact) mass is 252 g/mol. The van der Waals surface area contributed by atoms with E-state index in [0.29, 0.717) is 6.04 Å². The van der Waals surface area contributed by atoms with Gasteiger partial charge in [-0.3, -0.25) is 0 Å². The summed E-state index contributed by atoms with van der Waals surface area (Å²) in [7, 11) is 0. The van der Waals surface area contributed by atoms with Gasteiger partial charge in [-0.15, -0.1) is 0 Å². The van der Waals surface area contributed by atoms with Crippen molar-refractivity contribution < 1.29 is 4.42 Å². The fraction of sp³-hybridized carbons (Fsp3) is 0.733. The molecule has 0 fully saturated rings. The Morgan fingerprint density at radius 3 is 2.56 bits per heavy atom. The summed E-state index contributed by atoms with van der Waals surface area (Å²) in [5.74, 6) is 2.02. The molecule has 0 aliphatic carbocycles. The molecule has 0 saturated heterocycles. The van der Waals surface area contributed by atoms with Gasteiger partial charge in [-0.25, -0.2) is 0 Å². The number of aryl methyl sites for hydroxylation is 1. The van der Waals surface area contributed by atoms with Crippen molar-refractivity contribution in [3.05, 3.63) is 23.7 Å². The van der Waals surface area contributed by atoms with Crippen LogP contribution in [0.25, 0.3) is 0 Å². The molecule has 1 N–H and O–H groups in total. The molecule has 0 amide bonds. The summed E-state index contributed by atoms with van der Waals surface area (Å²) in [6.45, 7) is 13.0.